The van der Waals surface area contributed by atoms with Crippen LogP contribution in [0.5, 0.6) is 0 Å². The number of aliphatic hydroxyl groups excluding tert-OH is 1. The first-order valence-electron chi connectivity index (χ1n) is 6.88. The third-order valence-corrected chi connectivity index (χ3v) is 5.28. The highest BCUT2D eigenvalue weighted by Crippen LogP contribution is 2.55. The van der Waals surface area contributed by atoms with Gasteiger partial charge in [-0.25, -0.2) is 4.79 Å². The fourth-order valence-corrected chi connectivity index (χ4v) is 3.71. The Kier molecular flexibility index (Phi) is 2.55. The molecule has 0 bridgehead atoms. The highest BCUT2D eigenvalue weighted by Gasteiger charge is 2.48. The molecule has 3 rings (SSSR count). The van der Waals surface area contributed by atoms with E-state index in [2.05, 4.69) is 19.9 Å². The highest BCUT2D eigenvalue weighted by atomic mass is 16.5. The lowest BCUT2D eigenvalue weighted by Gasteiger charge is -2.46. The Hall–Kier alpha value is -1.35. The molecule has 0 saturated heterocycles. The molecule has 0 radical (unpaired) electrons. The van der Waals surface area contributed by atoms with Gasteiger partial charge in [0.05, 0.1) is 6.10 Å². The van der Waals surface area contributed by atoms with Gasteiger partial charge in [0.1, 0.15) is 5.76 Å². The van der Waals surface area contributed by atoms with Gasteiger partial charge < -0.3 is 9.84 Å². The lowest BCUT2D eigenvalue weighted by Crippen LogP contribution is -2.41. The van der Waals surface area contributed by atoms with Gasteiger partial charge in [0.2, 0.25) is 0 Å². The molecular formula is C16H20O3. The van der Waals surface area contributed by atoms with Crippen LogP contribution in [-0.2, 0) is 9.53 Å². The van der Waals surface area contributed by atoms with Crippen LogP contribution in [0.1, 0.15) is 40.5 Å². The number of rotatable bonds is 0. The van der Waals surface area contributed by atoms with Gasteiger partial charge in [0.15, 0.2) is 0 Å². The summed E-state index contributed by atoms with van der Waals surface area (Å²) in [4.78, 5) is 11.8. The first kappa shape index (κ1) is 12.7. The maximum Gasteiger partial charge on any atom is 0.339 e. The lowest BCUT2D eigenvalue weighted by molar-refractivity contribution is -0.133. The van der Waals surface area contributed by atoms with Crippen LogP contribution in [0.15, 0.2) is 34.1 Å². The van der Waals surface area contributed by atoms with Crippen LogP contribution < -0.4 is 0 Å². The minimum Gasteiger partial charge on any atom is -0.423 e. The zero-order valence-electron chi connectivity index (χ0n) is 11.9. The monoisotopic (exact) mass is 260 g/mol. The topological polar surface area (TPSA) is 46.5 Å². The Labute approximate surface area is 113 Å². The van der Waals surface area contributed by atoms with E-state index in [9.17, 15) is 9.90 Å². The first-order chi connectivity index (χ1) is 8.86. The zero-order chi connectivity index (χ0) is 13.9. The van der Waals surface area contributed by atoms with Crippen molar-refractivity contribution in [3.05, 3.63) is 34.1 Å². The number of carbonyl (C=O) groups is 1. The summed E-state index contributed by atoms with van der Waals surface area (Å²) in [6, 6.07) is 0. The molecular weight excluding hydrogens is 240 g/mol. The summed E-state index contributed by atoms with van der Waals surface area (Å²) in [5.74, 6) is 0.718. The van der Waals surface area contributed by atoms with Crippen LogP contribution in [0.25, 0.3) is 0 Å². The quantitative estimate of drug-likeness (QED) is 0.681. The fraction of sp³-hybridized carbons (Fsp3) is 0.562. The van der Waals surface area contributed by atoms with Gasteiger partial charge in [-0.1, -0.05) is 19.9 Å². The minimum atomic E-state index is -0.304. The molecule has 0 fully saturated rings. The molecule has 1 N–H and O–H groups in total. The Morgan fingerprint density at radius 2 is 2.05 bits per heavy atom. The Balaban J connectivity index is 2.21. The smallest absolute Gasteiger partial charge is 0.339 e. The summed E-state index contributed by atoms with van der Waals surface area (Å²) in [6.07, 6.45) is 3.27. The number of hydrogen-bond acceptors (Lipinski definition) is 3. The number of esters is 1. The summed E-state index contributed by atoms with van der Waals surface area (Å²) in [5.41, 5.74) is 3.96. The predicted molar refractivity (Wildman–Crippen MR) is 72.1 cm³/mol. The van der Waals surface area contributed by atoms with Gasteiger partial charge in [-0.3, -0.25) is 0 Å². The predicted octanol–water partition coefficient (Wildman–Crippen LogP) is 2.87. The number of allylic oxidation sites excluding steroid dienone is 3. The van der Waals surface area contributed by atoms with Crippen LogP contribution in [0.4, 0.5) is 0 Å². The number of ether oxygens (including phenoxy) is 1. The number of fused-ring (bicyclic) bond motifs is 2. The molecule has 3 nitrogen and oxygen atoms in total. The van der Waals surface area contributed by atoms with E-state index in [1.165, 1.54) is 5.57 Å². The van der Waals surface area contributed by atoms with Gasteiger partial charge in [-0.2, -0.15) is 0 Å². The van der Waals surface area contributed by atoms with Crippen molar-refractivity contribution >= 4 is 5.97 Å². The second-order valence-electron chi connectivity index (χ2n) is 6.25. The summed E-state index contributed by atoms with van der Waals surface area (Å²) >= 11 is 0. The Bertz CT molecular complexity index is 565. The molecule has 0 aromatic carbocycles. The van der Waals surface area contributed by atoms with Crippen molar-refractivity contribution in [1.82, 2.24) is 0 Å². The first-order valence-corrected chi connectivity index (χ1v) is 6.88. The normalized spacial score (nSPS) is 37.9. The third kappa shape index (κ3) is 1.51. The second kappa shape index (κ2) is 3.83. The van der Waals surface area contributed by atoms with Gasteiger partial charge >= 0.3 is 5.97 Å². The SMILES string of the molecule is CC1=C2C[C@@]3(C)C(=CC[C@H](O)[C@@H]3C)C(C)=C2OC1=O. The fourth-order valence-electron chi connectivity index (χ4n) is 3.71. The number of hydrogen-bond donors (Lipinski definition) is 1. The van der Waals surface area contributed by atoms with Gasteiger partial charge in [0, 0.05) is 16.6 Å². The van der Waals surface area contributed by atoms with Crippen LogP contribution in [0.3, 0.4) is 0 Å². The van der Waals surface area contributed by atoms with Crippen LogP contribution >= 0.6 is 0 Å². The Morgan fingerprint density at radius 3 is 2.74 bits per heavy atom. The number of aliphatic hydroxyl groups is 1. The zero-order valence-corrected chi connectivity index (χ0v) is 11.9. The van der Waals surface area contributed by atoms with E-state index >= 15 is 0 Å². The number of carbonyl (C=O) groups excluding carboxylic acids is 1. The van der Waals surface area contributed by atoms with Crippen LogP contribution in [0.2, 0.25) is 0 Å². The van der Waals surface area contributed by atoms with E-state index in [4.69, 9.17) is 4.74 Å². The molecule has 3 heteroatoms. The molecule has 3 atom stereocenters. The standard InChI is InChI=1S/C16H20O3/c1-8-11-7-16(4)10(3)13(17)6-5-12(16)9(2)14(11)19-15(8)18/h5,10,13,17H,6-7H2,1-4H3/t10-,13-,16+/m0/s1. The maximum atomic E-state index is 11.8. The molecule has 1 aliphatic heterocycles. The van der Waals surface area contributed by atoms with E-state index in [1.807, 2.05) is 13.8 Å². The van der Waals surface area contributed by atoms with E-state index < -0.39 is 0 Å². The molecule has 1 heterocycles. The minimum absolute atomic E-state index is 0.101. The summed E-state index contributed by atoms with van der Waals surface area (Å²) in [6.45, 7) is 8.15. The molecule has 3 aliphatic rings. The largest absolute Gasteiger partial charge is 0.423 e. The van der Waals surface area contributed by atoms with Gasteiger partial charge in [-0.15, -0.1) is 0 Å². The molecule has 0 unspecified atom stereocenters. The lowest BCUT2D eigenvalue weighted by atomic mass is 9.58. The molecule has 0 spiro atoms. The van der Waals surface area contributed by atoms with E-state index in [0.29, 0.717) is 6.42 Å². The van der Waals surface area contributed by atoms with Crippen molar-refractivity contribution in [3.63, 3.8) is 0 Å². The molecule has 102 valence electrons. The van der Waals surface area contributed by atoms with E-state index in [1.54, 1.807) is 0 Å². The van der Waals surface area contributed by atoms with Crippen molar-refractivity contribution in [2.24, 2.45) is 11.3 Å². The molecule has 0 aromatic rings. The van der Waals surface area contributed by atoms with Crippen LogP contribution in [-0.4, -0.2) is 17.2 Å². The average Bonchev–Trinajstić information content (AvgIpc) is 2.64. The van der Waals surface area contributed by atoms with Crippen molar-refractivity contribution in [1.29, 1.82) is 0 Å². The van der Waals surface area contributed by atoms with E-state index in [0.717, 1.165) is 28.9 Å². The third-order valence-electron chi connectivity index (χ3n) is 5.28. The average molecular weight is 260 g/mol. The van der Waals surface area contributed by atoms with Crippen molar-refractivity contribution in [2.45, 2.75) is 46.6 Å². The Morgan fingerprint density at radius 1 is 1.37 bits per heavy atom. The summed E-state index contributed by atoms with van der Waals surface area (Å²) in [5, 5.41) is 10.2. The molecule has 0 amide bonds. The van der Waals surface area contributed by atoms with Crippen molar-refractivity contribution in [2.75, 3.05) is 0 Å². The van der Waals surface area contributed by atoms with Crippen molar-refractivity contribution < 1.29 is 14.6 Å². The maximum absolute atomic E-state index is 11.8. The summed E-state index contributed by atoms with van der Waals surface area (Å²) < 4.78 is 5.41. The van der Waals surface area contributed by atoms with Gasteiger partial charge in [0.25, 0.3) is 0 Å². The van der Waals surface area contributed by atoms with Crippen LogP contribution in [0, 0.1) is 11.3 Å². The molecule has 0 saturated carbocycles. The van der Waals surface area contributed by atoms with Gasteiger partial charge in [-0.05, 0) is 43.8 Å². The molecule has 0 aromatic heterocycles. The molecule has 19 heavy (non-hydrogen) atoms. The molecule has 2 aliphatic carbocycles. The van der Waals surface area contributed by atoms with Crippen molar-refractivity contribution in [3.8, 4) is 0 Å². The summed E-state index contributed by atoms with van der Waals surface area (Å²) in [7, 11) is 0. The van der Waals surface area contributed by atoms with E-state index in [-0.39, 0.29) is 23.4 Å². The highest BCUT2D eigenvalue weighted by molar-refractivity contribution is 5.94. The second-order valence-corrected chi connectivity index (χ2v) is 6.25.